The van der Waals surface area contributed by atoms with Crippen LogP contribution < -0.4 is 10.2 Å². The molecule has 0 aliphatic carbocycles. The van der Waals surface area contributed by atoms with E-state index in [-0.39, 0.29) is 11.8 Å². The van der Waals surface area contributed by atoms with E-state index in [2.05, 4.69) is 53.9 Å². The molecule has 1 aliphatic rings. The summed E-state index contributed by atoms with van der Waals surface area (Å²) < 4.78 is 22.2. The molecule has 0 aromatic heterocycles. The summed E-state index contributed by atoms with van der Waals surface area (Å²) in [6, 6.07) is 26.6. The number of aryl methyl sites for hydroxylation is 1. The van der Waals surface area contributed by atoms with E-state index >= 15 is 0 Å². The number of hydrogen-bond donors (Lipinski definition) is 1. The van der Waals surface area contributed by atoms with E-state index in [1.165, 1.54) is 5.56 Å². The number of para-hydroxylation sites is 1. The van der Waals surface area contributed by atoms with Gasteiger partial charge in [-0.3, -0.25) is 9.59 Å². The second kappa shape index (κ2) is 21.1. The molecule has 2 amide bonds. The number of carbonyl (C=O) groups is 2. The Morgan fingerprint density at radius 1 is 0.609 bits per heavy atom. The SMILES string of the molecule is O=C(CCCCC(=O)N1Cc2ccccc2/C=C\c2ccccc21)NCCOCCOCCOCCOCCCc1ccccc1. The number of carbonyl (C=O) groups excluding carboxylic acids is 2. The van der Waals surface area contributed by atoms with E-state index < -0.39 is 0 Å². The molecule has 0 unspecified atom stereocenters. The minimum absolute atomic E-state index is 0.0275. The van der Waals surface area contributed by atoms with Gasteiger partial charge in [0.2, 0.25) is 11.8 Å². The molecule has 8 nitrogen and oxygen atoms in total. The van der Waals surface area contributed by atoms with Crippen molar-refractivity contribution in [3.63, 3.8) is 0 Å². The van der Waals surface area contributed by atoms with E-state index in [0.29, 0.717) is 85.0 Å². The maximum Gasteiger partial charge on any atom is 0.227 e. The van der Waals surface area contributed by atoms with Crippen LogP contribution in [0.5, 0.6) is 0 Å². The van der Waals surface area contributed by atoms with E-state index in [1.807, 2.05) is 47.4 Å². The van der Waals surface area contributed by atoms with Crippen LogP contribution in [0.1, 0.15) is 54.4 Å². The van der Waals surface area contributed by atoms with Crippen molar-refractivity contribution >= 4 is 29.7 Å². The van der Waals surface area contributed by atoms with Gasteiger partial charge in [0.05, 0.1) is 58.5 Å². The fourth-order valence-electron chi connectivity index (χ4n) is 5.21. The van der Waals surface area contributed by atoms with Crippen molar-refractivity contribution in [2.45, 2.75) is 45.1 Å². The van der Waals surface area contributed by atoms with Crippen LogP contribution in [0, 0.1) is 0 Å². The Hall–Kier alpha value is -3.82. The molecule has 246 valence electrons. The highest BCUT2D eigenvalue weighted by Crippen LogP contribution is 2.29. The van der Waals surface area contributed by atoms with Gasteiger partial charge >= 0.3 is 0 Å². The zero-order valence-electron chi connectivity index (χ0n) is 26.9. The Balaban J connectivity index is 0.956. The Bertz CT molecular complexity index is 1350. The van der Waals surface area contributed by atoms with Crippen LogP contribution in [0.15, 0.2) is 78.9 Å². The van der Waals surface area contributed by atoms with Crippen LogP contribution >= 0.6 is 0 Å². The van der Waals surface area contributed by atoms with Gasteiger partial charge in [-0.05, 0) is 54.0 Å². The lowest BCUT2D eigenvalue weighted by Crippen LogP contribution is -2.31. The average molecular weight is 629 g/mol. The summed E-state index contributed by atoms with van der Waals surface area (Å²) in [5, 5.41) is 2.89. The Labute approximate surface area is 273 Å². The summed E-state index contributed by atoms with van der Waals surface area (Å²) in [6.07, 6.45) is 8.29. The molecule has 1 N–H and O–H groups in total. The van der Waals surface area contributed by atoms with Gasteiger partial charge in [-0.15, -0.1) is 0 Å². The highest BCUT2D eigenvalue weighted by atomic mass is 16.6. The lowest BCUT2D eigenvalue weighted by molar-refractivity contribution is -0.122. The van der Waals surface area contributed by atoms with E-state index in [0.717, 1.165) is 41.8 Å². The molecule has 0 saturated carbocycles. The zero-order valence-corrected chi connectivity index (χ0v) is 26.9. The molecule has 0 saturated heterocycles. The van der Waals surface area contributed by atoms with Crippen LogP contribution in [-0.2, 0) is 41.5 Å². The summed E-state index contributed by atoms with van der Waals surface area (Å²) in [6.45, 7) is 5.24. The number of anilines is 1. The van der Waals surface area contributed by atoms with Gasteiger partial charge in [-0.2, -0.15) is 0 Å². The maximum absolute atomic E-state index is 13.3. The summed E-state index contributed by atoms with van der Waals surface area (Å²) in [5.74, 6) is 0.0413. The minimum Gasteiger partial charge on any atom is -0.379 e. The first-order chi connectivity index (χ1) is 22.7. The normalized spacial score (nSPS) is 12.9. The van der Waals surface area contributed by atoms with Gasteiger partial charge in [0.15, 0.2) is 0 Å². The number of ether oxygens (including phenoxy) is 4. The largest absolute Gasteiger partial charge is 0.379 e. The lowest BCUT2D eigenvalue weighted by Gasteiger charge is -2.27. The Morgan fingerprint density at radius 2 is 1.20 bits per heavy atom. The third kappa shape index (κ3) is 12.9. The third-order valence-electron chi connectivity index (χ3n) is 7.68. The number of nitrogens with zero attached hydrogens (tertiary/aromatic N) is 1. The van der Waals surface area contributed by atoms with Crippen LogP contribution in [0.2, 0.25) is 0 Å². The number of unbranched alkanes of at least 4 members (excludes halogenated alkanes) is 1. The number of fused-ring (bicyclic) bond motifs is 2. The van der Waals surface area contributed by atoms with Crippen LogP contribution in [-0.4, -0.2) is 71.2 Å². The molecular formula is C38H48N2O6. The molecule has 1 aliphatic heterocycles. The molecule has 1 heterocycles. The first-order valence-corrected chi connectivity index (χ1v) is 16.5. The summed E-state index contributed by atoms with van der Waals surface area (Å²) >= 11 is 0. The fourth-order valence-corrected chi connectivity index (χ4v) is 5.21. The molecule has 0 atom stereocenters. The summed E-state index contributed by atoms with van der Waals surface area (Å²) in [7, 11) is 0. The number of rotatable bonds is 21. The second-order valence-electron chi connectivity index (χ2n) is 11.2. The quantitative estimate of drug-likeness (QED) is 0.144. The number of hydrogen-bond acceptors (Lipinski definition) is 6. The molecule has 3 aromatic rings. The van der Waals surface area contributed by atoms with E-state index in [4.69, 9.17) is 18.9 Å². The molecule has 0 spiro atoms. The van der Waals surface area contributed by atoms with Gasteiger partial charge in [0, 0.05) is 26.0 Å². The Morgan fingerprint density at radius 3 is 1.96 bits per heavy atom. The first-order valence-electron chi connectivity index (χ1n) is 16.5. The molecule has 0 radical (unpaired) electrons. The Kier molecular flexibility index (Phi) is 16.0. The lowest BCUT2D eigenvalue weighted by atomic mass is 10.0. The molecular weight excluding hydrogens is 580 g/mol. The standard InChI is InChI=1S/C38H48N2O6/c41-37(39-22-24-44-26-28-46-30-29-45-27-25-43-23-10-13-32-11-2-1-3-12-32)18-8-9-19-38(42)40-31-35-16-5-4-14-33(35)20-21-34-15-6-7-17-36(34)40/h1-7,11-12,14-17,20-21H,8-10,13,18-19,22-31H2,(H,39,41)/b21-20-. The molecule has 0 bridgehead atoms. The van der Waals surface area contributed by atoms with Gasteiger partial charge in [-0.25, -0.2) is 0 Å². The van der Waals surface area contributed by atoms with Crippen LogP contribution in [0.3, 0.4) is 0 Å². The highest BCUT2D eigenvalue weighted by molar-refractivity contribution is 5.97. The molecule has 46 heavy (non-hydrogen) atoms. The summed E-state index contributed by atoms with van der Waals surface area (Å²) in [4.78, 5) is 27.4. The molecule has 3 aromatic carbocycles. The van der Waals surface area contributed by atoms with E-state index in [1.54, 1.807) is 0 Å². The van der Waals surface area contributed by atoms with Crippen molar-refractivity contribution in [2.24, 2.45) is 0 Å². The van der Waals surface area contributed by atoms with Gasteiger partial charge < -0.3 is 29.2 Å². The summed E-state index contributed by atoms with van der Waals surface area (Å²) in [5.41, 5.74) is 5.51. The predicted molar refractivity (Wildman–Crippen MR) is 183 cm³/mol. The van der Waals surface area contributed by atoms with Crippen molar-refractivity contribution in [1.29, 1.82) is 0 Å². The van der Waals surface area contributed by atoms with Crippen molar-refractivity contribution < 1.29 is 28.5 Å². The molecule has 4 rings (SSSR count). The smallest absolute Gasteiger partial charge is 0.227 e. The third-order valence-corrected chi connectivity index (χ3v) is 7.68. The first kappa shape index (κ1) is 35.0. The monoisotopic (exact) mass is 628 g/mol. The number of amides is 2. The minimum atomic E-state index is -0.0275. The van der Waals surface area contributed by atoms with Crippen molar-refractivity contribution in [3.8, 4) is 0 Å². The highest BCUT2D eigenvalue weighted by Gasteiger charge is 2.20. The average Bonchev–Trinajstić information content (AvgIpc) is 3.08. The fraction of sp³-hybridized carbons (Fsp3) is 0.421. The van der Waals surface area contributed by atoms with Gasteiger partial charge in [0.25, 0.3) is 0 Å². The van der Waals surface area contributed by atoms with Crippen molar-refractivity contribution in [3.05, 3.63) is 101 Å². The van der Waals surface area contributed by atoms with Gasteiger partial charge in [-0.1, -0.05) is 84.9 Å². The van der Waals surface area contributed by atoms with Crippen LogP contribution in [0.25, 0.3) is 12.2 Å². The maximum atomic E-state index is 13.3. The zero-order chi connectivity index (χ0) is 32.1. The van der Waals surface area contributed by atoms with Crippen molar-refractivity contribution in [1.82, 2.24) is 5.32 Å². The molecule has 0 fully saturated rings. The van der Waals surface area contributed by atoms with Crippen molar-refractivity contribution in [2.75, 3.05) is 64.3 Å². The van der Waals surface area contributed by atoms with E-state index in [9.17, 15) is 9.59 Å². The van der Waals surface area contributed by atoms with Crippen LogP contribution in [0.4, 0.5) is 5.69 Å². The number of benzene rings is 3. The van der Waals surface area contributed by atoms with Gasteiger partial charge in [0.1, 0.15) is 0 Å². The number of nitrogens with one attached hydrogen (secondary N) is 1. The second-order valence-corrected chi connectivity index (χ2v) is 11.2. The predicted octanol–water partition coefficient (Wildman–Crippen LogP) is 6.08. The molecule has 8 heteroatoms. The topological polar surface area (TPSA) is 86.3 Å².